The Balaban J connectivity index is 3.11. The first kappa shape index (κ1) is 22.0. The Morgan fingerprint density at radius 2 is 0.808 bits per heavy atom. The van der Waals surface area contributed by atoms with Crippen LogP contribution in [0.15, 0.2) is 24.3 Å². The zero-order chi connectivity index (χ0) is 20.6. The van der Waals surface area contributed by atoms with E-state index in [0.29, 0.717) is 18.2 Å². The number of alkyl halides is 12. The lowest BCUT2D eigenvalue weighted by Crippen LogP contribution is -2.47. The van der Waals surface area contributed by atoms with Gasteiger partial charge in [0, 0.05) is 6.07 Å². The van der Waals surface area contributed by atoms with Gasteiger partial charge in [0.25, 0.3) is 12.2 Å². The van der Waals surface area contributed by atoms with Crippen molar-refractivity contribution in [1.82, 2.24) is 0 Å². The van der Waals surface area contributed by atoms with Gasteiger partial charge in [-0.15, -0.1) is 0 Å². The molecule has 0 aliphatic carbocycles. The maximum absolute atomic E-state index is 12.4. The number of halogens is 12. The summed E-state index contributed by atoms with van der Waals surface area (Å²) in [5.41, 5.74) is 0. The summed E-state index contributed by atoms with van der Waals surface area (Å²) >= 11 is 0. The van der Waals surface area contributed by atoms with E-state index in [2.05, 4.69) is 9.47 Å². The summed E-state index contributed by atoms with van der Waals surface area (Å²) in [6, 6.07) is 1.52. The number of hydrogen-bond donors (Lipinski definition) is 0. The fourth-order valence-electron chi connectivity index (χ4n) is 1.53. The van der Waals surface area contributed by atoms with Gasteiger partial charge in [-0.3, -0.25) is 0 Å². The molecule has 0 spiro atoms. The highest BCUT2D eigenvalue weighted by Crippen LogP contribution is 2.39. The molecule has 0 bridgehead atoms. The van der Waals surface area contributed by atoms with Crippen LogP contribution in [0.2, 0.25) is 0 Å². The van der Waals surface area contributed by atoms with Gasteiger partial charge in [-0.05, 0) is 12.1 Å². The van der Waals surface area contributed by atoms with Gasteiger partial charge >= 0.3 is 24.7 Å². The zero-order valence-electron chi connectivity index (χ0n) is 11.8. The molecular formula is C12H6F12O2. The van der Waals surface area contributed by atoms with E-state index < -0.39 is 48.4 Å². The van der Waals surface area contributed by atoms with Crippen LogP contribution in [0.1, 0.15) is 0 Å². The molecule has 0 unspecified atom stereocenters. The lowest BCUT2D eigenvalue weighted by molar-refractivity contribution is -0.300. The van der Waals surface area contributed by atoms with E-state index in [1.165, 1.54) is 0 Å². The molecule has 0 N–H and O–H groups in total. The predicted molar refractivity (Wildman–Crippen MR) is 59.5 cm³/mol. The van der Waals surface area contributed by atoms with Crippen LogP contribution in [0.5, 0.6) is 11.5 Å². The average Bonchev–Trinajstić information content (AvgIpc) is 2.37. The average molecular weight is 410 g/mol. The van der Waals surface area contributed by atoms with Gasteiger partial charge in [0.05, 0.1) is 0 Å². The van der Waals surface area contributed by atoms with E-state index in [-0.39, 0.29) is 6.07 Å². The van der Waals surface area contributed by atoms with E-state index in [4.69, 9.17) is 0 Å². The third kappa shape index (κ3) is 6.05. The highest BCUT2D eigenvalue weighted by molar-refractivity contribution is 5.33. The van der Waals surface area contributed by atoms with Crippen molar-refractivity contribution in [1.29, 1.82) is 0 Å². The lowest BCUT2D eigenvalue weighted by Gasteiger charge is -2.25. The smallest absolute Gasteiger partial charge is 0.434 e. The topological polar surface area (TPSA) is 18.5 Å². The van der Waals surface area contributed by atoms with Gasteiger partial charge in [-0.1, -0.05) is 6.07 Å². The van der Waals surface area contributed by atoms with Crippen molar-refractivity contribution in [2.75, 3.05) is 0 Å². The first-order valence-corrected chi connectivity index (χ1v) is 6.12. The van der Waals surface area contributed by atoms with Gasteiger partial charge in [0.1, 0.15) is 11.5 Å². The molecule has 0 atom stereocenters. The van der Waals surface area contributed by atoms with Crippen molar-refractivity contribution in [2.24, 2.45) is 0 Å². The van der Waals surface area contributed by atoms with Crippen LogP contribution in [0, 0.1) is 0 Å². The Labute approximate surface area is 136 Å². The first-order valence-electron chi connectivity index (χ1n) is 6.12. The standard InChI is InChI=1S/C12H6F12O2/c13-9(14,15)7(10(16,17)18)25-5-2-1-3-6(4-5)26-8(11(19,20)21)12(22,23)24/h1-4,7-8H. The summed E-state index contributed by atoms with van der Waals surface area (Å²) in [5.74, 6) is -2.60. The Bertz CT molecular complexity index is 521. The summed E-state index contributed by atoms with van der Waals surface area (Å²) in [6.07, 6.45) is -32.4. The molecule has 1 aromatic rings. The van der Waals surface area contributed by atoms with Crippen LogP contribution in [-0.2, 0) is 0 Å². The minimum Gasteiger partial charge on any atom is -0.471 e. The van der Waals surface area contributed by atoms with Crippen molar-refractivity contribution in [3.8, 4) is 11.5 Å². The number of rotatable bonds is 4. The minimum absolute atomic E-state index is 0.0367. The van der Waals surface area contributed by atoms with E-state index >= 15 is 0 Å². The third-order valence-corrected chi connectivity index (χ3v) is 2.50. The summed E-state index contributed by atoms with van der Waals surface area (Å²) in [7, 11) is 0. The molecule has 0 heterocycles. The molecule has 0 aromatic heterocycles. The zero-order valence-corrected chi connectivity index (χ0v) is 11.8. The van der Waals surface area contributed by atoms with Crippen molar-refractivity contribution >= 4 is 0 Å². The molecule has 0 amide bonds. The van der Waals surface area contributed by atoms with Crippen LogP contribution in [-0.4, -0.2) is 36.9 Å². The second-order valence-electron chi connectivity index (χ2n) is 4.64. The molecule has 1 rings (SSSR count). The van der Waals surface area contributed by atoms with Crippen LogP contribution >= 0.6 is 0 Å². The molecule has 0 saturated carbocycles. The van der Waals surface area contributed by atoms with Crippen LogP contribution in [0.3, 0.4) is 0 Å². The first-order chi connectivity index (χ1) is 11.4. The van der Waals surface area contributed by atoms with Gasteiger partial charge in [-0.2, -0.15) is 52.7 Å². The summed E-state index contributed by atoms with van der Waals surface area (Å²) in [4.78, 5) is 0. The summed E-state index contributed by atoms with van der Waals surface area (Å²) < 4.78 is 156. The Kier molecular flexibility index (Phi) is 5.88. The van der Waals surface area contributed by atoms with E-state index in [1.54, 1.807) is 0 Å². The molecule has 0 saturated heterocycles. The third-order valence-electron chi connectivity index (χ3n) is 2.50. The molecular weight excluding hydrogens is 404 g/mol. The summed E-state index contributed by atoms with van der Waals surface area (Å²) in [6.45, 7) is 0. The highest BCUT2D eigenvalue weighted by Gasteiger charge is 2.60. The van der Waals surface area contributed by atoms with Gasteiger partial charge in [-0.25, -0.2) is 0 Å². The van der Waals surface area contributed by atoms with Crippen molar-refractivity contribution in [3.63, 3.8) is 0 Å². The molecule has 26 heavy (non-hydrogen) atoms. The van der Waals surface area contributed by atoms with E-state index in [9.17, 15) is 52.7 Å². The van der Waals surface area contributed by atoms with Crippen molar-refractivity contribution in [3.05, 3.63) is 24.3 Å². The SMILES string of the molecule is FC(F)(F)C(Oc1cccc(OC(C(F)(F)F)C(F)(F)F)c1)C(F)(F)F. The van der Waals surface area contributed by atoms with E-state index in [1.807, 2.05) is 0 Å². The van der Waals surface area contributed by atoms with Crippen LogP contribution < -0.4 is 9.47 Å². The van der Waals surface area contributed by atoms with Crippen molar-refractivity contribution < 1.29 is 62.2 Å². The quantitative estimate of drug-likeness (QED) is 0.617. The van der Waals surface area contributed by atoms with Gasteiger partial charge in [0.2, 0.25) is 0 Å². The molecule has 2 nitrogen and oxygen atoms in total. The van der Waals surface area contributed by atoms with E-state index in [0.717, 1.165) is 0 Å². The van der Waals surface area contributed by atoms with Gasteiger partial charge < -0.3 is 9.47 Å². The fraction of sp³-hybridized carbons (Fsp3) is 0.500. The minimum atomic E-state index is -5.93. The van der Waals surface area contributed by atoms with Crippen LogP contribution in [0.25, 0.3) is 0 Å². The van der Waals surface area contributed by atoms with Gasteiger partial charge in [0.15, 0.2) is 0 Å². The summed E-state index contributed by atoms with van der Waals surface area (Å²) in [5, 5.41) is 0. The molecule has 150 valence electrons. The maximum atomic E-state index is 12.4. The number of benzene rings is 1. The Morgan fingerprint density at radius 1 is 0.538 bits per heavy atom. The Morgan fingerprint density at radius 3 is 1.04 bits per heavy atom. The maximum Gasteiger partial charge on any atom is 0.434 e. The molecule has 0 radical (unpaired) electrons. The molecule has 0 fully saturated rings. The molecule has 0 aliphatic heterocycles. The lowest BCUT2D eigenvalue weighted by atomic mass is 10.2. The second kappa shape index (κ2) is 6.95. The molecule has 14 heteroatoms. The monoisotopic (exact) mass is 410 g/mol. The number of ether oxygens (including phenoxy) is 2. The van der Waals surface area contributed by atoms with Crippen LogP contribution in [0.4, 0.5) is 52.7 Å². The second-order valence-corrected chi connectivity index (χ2v) is 4.64. The Hall–Kier alpha value is -2.02. The van der Waals surface area contributed by atoms with Crippen molar-refractivity contribution in [2.45, 2.75) is 36.9 Å². The fourth-order valence-corrected chi connectivity index (χ4v) is 1.53. The largest absolute Gasteiger partial charge is 0.471 e. The normalized spacial score (nSPS) is 14.1. The molecule has 0 aliphatic rings. The molecule has 1 aromatic carbocycles. The predicted octanol–water partition coefficient (Wildman–Crippen LogP) is 5.43. The number of hydrogen-bond acceptors (Lipinski definition) is 2. The highest BCUT2D eigenvalue weighted by atomic mass is 19.4.